The number of halogens is 1. The van der Waals surface area contributed by atoms with Crippen molar-refractivity contribution >= 4 is 15.9 Å². The van der Waals surface area contributed by atoms with Crippen LogP contribution in [0, 0.1) is 0 Å². The molecule has 0 bridgehead atoms. The molecule has 1 unspecified atom stereocenters. The van der Waals surface area contributed by atoms with E-state index in [9.17, 15) is 0 Å². The molecular weight excluding hydrogens is 306 g/mol. The third-order valence-electron chi connectivity index (χ3n) is 2.97. The molecule has 0 spiro atoms. The Morgan fingerprint density at radius 1 is 0.947 bits per heavy atom. The summed E-state index contributed by atoms with van der Waals surface area (Å²) in [6.45, 7) is 0. The molecule has 0 aromatic heterocycles. The van der Waals surface area contributed by atoms with E-state index in [4.69, 9.17) is 15.2 Å². The van der Waals surface area contributed by atoms with E-state index in [-0.39, 0.29) is 6.04 Å². The second-order valence-electron chi connectivity index (χ2n) is 4.15. The lowest BCUT2D eigenvalue weighted by Gasteiger charge is -2.15. The Hall–Kier alpha value is -1.52. The second kappa shape index (κ2) is 6.08. The first kappa shape index (κ1) is 13.9. The van der Waals surface area contributed by atoms with Crippen molar-refractivity contribution in [3.63, 3.8) is 0 Å². The van der Waals surface area contributed by atoms with Crippen LogP contribution in [0.1, 0.15) is 17.2 Å². The summed E-state index contributed by atoms with van der Waals surface area (Å²) in [5.41, 5.74) is 8.31. The van der Waals surface area contributed by atoms with E-state index in [1.54, 1.807) is 14.2 Å². The molecule has 0 aliphatic heterocycles. The van der Waals surface area contributed by atoms with Gasteiger partial charge in [-0.3, -0.25) is 0 Å². The van der Waals surface area contributed by atoms with Crippen molar-refractivity contribution in [2.45, 2.75) is 6.04 Å². The van der Waals surface area contributed by atoms with Crippen molar-refractivity contribution in [2.24, 2.45) is 5.73 Å². The highest BCUT2D eigenvalue weighted by Crippen LogP contribution is 2.31. The van der Waals surface area contributed by atoms with Crippen LogP contribution < -0.4 is 15.2 Å². The van der Waals surface area contributed by atoms with Gasteiger partial charge in [-0.15, -0.1) is 0 Å². The van der Waals surface area contributed by atoms with Crippen LogP contribution in [0.3, 0.4) is 0 Å². The standard InChI is InChI=1S/C15H16BrNO2/c1-18-13-7-6-11(9-14(13)19-2)15(17)10-4-3-5-12(16)8-10/h3-9,15H,17H2,1-2H3. The van der Waals surface area contributed by atoms with E-state index in [0.717, 1.165) is 15.6 Å². The fraction of sp³-hybridized carbons (Fsp3) is 0.200. The first-order valence-electron chi connectivity index (χ1n) is 5.88. The molecule has 0 aliphatic carbocycles. The third-order valence-corrected chi connectivity index (χ3v) is 3.47. The zero-order chi connectivity index (χ0) is 13.8. The average Bonchev–Trinajstić information content (AvgIpc) is 2.45. The van der Waals surface area contributed by atoms with Crippen molar-refractivity contribution in [1.82, 2.24) is 0 Å². The number of benzene rings is 2. The summed E-state index contributed by atoms with van der Waals surface area (Å²) in [6, 6.07) is 13.5. The molecule has 0 radical (unpaired) electrons. The predicted molar refractivity (Wildman–Crippen MR) is 79.7 cm³/mol. The number of nitrogens with two attached hydrogens (primary N) is 1. The van der Waals surface area contributed by atoms with E-state index in [0.29, 0.717) is 11.5 Å². The first-order valence-corrected chi connectivity index (χ1v) is 6.68. The Bertz CT molecular complexity index is 572. The van der Waals surface area contributed by atoms with Crippen LogP contribution in [0.5, 0.6) is 11.5 Å². The molecule has 0 heterocycles. The molecule has 2 aromatic carbocycles. The minimum absolute atomic E-state index is 0.197. The maximum absolute atomic E-state index is 6.28. The summed E-state index contributed by atoms with van der Waals surface area (Å²) in [5, 5.41) is 0. The number of methoxy groups -OCH3 is 2. The minimum atomic E-state index is -0.197. The smallest absolute Gasteiger partial charge is 0.161 e. The second-order valence-corrected chi connectivity index (χ2v) is 5.06. The zero-order valence-corrected chi connectivity index (χ0v) is 12.5. The van der Waals surface area contributed by atoms with Crippen LogP contribution in [0.15, 0.2) is 46.9 Å². The van der Waals surface area contributed by atoms with Crippen LogP contribution >= 0.6 is 15.9 Å². The Labute approximate surface area is 121 Å². The van der Waals surface area contributed by atoms with Gasteiger partial charge in [-0.1, -0.05) is 34.1 Å². The molecule has 2 N–H and O–H groups in total. The fourth-order valence-electron chi connectivity index (χ4n) is 1.94. The first-order chi connectivity index (χ1) is 9.15. The molecule has 100 valence electrons. The van der Waals surface area contributed by atoms with Gasteiger partial charge in [-0.25, -0.2) is 0 Å². The summed E-state index contributed by atoms with van der Waals surface area (Å²) in [7, 11) is 3.23. The van der Waals surface area contributed by atoms with Crippen LogP contribution in [0.2, 0.25) is 0 Å². The Balaban J connectivity index is 2.36. The molecule has 2 rings (SSSR count). The molecule has 4 heteroatoms. The summed E-state index contributed by atoms with van der Waals surface area (Å²) in [4.78, 5) is 0. The molecule has 3 nitrogen and oxygen atoms in total. The molecule has 0 fully saturated rings. The van der Waals surface area contributed by atoms with Gasteiger partial charge in [-0.2, -0.15) is 0 Å². The highest BCUT2D eigenvalue weighted by Gasteiger charge is 2.12. The van der Waals surface area contributed by atoms with E-state index in [1.807, 2.05) is 42.5 Å². The Morgan fingerprint density at radius 3 is 2.26 bits per heavy atom. The largest absolute Gasteiger partial charge is 0.493 e. The minimum Gasteiger partial charge on any atom is -0.493 e. The molecule has 1 atom stereocenters. The van der Waals surface area contributed by atoms with Gasteiger partial charge in [0, 0.05) is 4.47 Å². The van der Waals surface area contributed by atoms with E-state index >= 15 is 0 Å². The van der Waals surface area contributed by atoms with Crippen LogP contribution in [0.25, 0.3) is 0 Å². The molecule has 0 saturated carbocycles. The lowest BCUT2D eigenvalue weighted by Crippen LogP contribution is -2.12. The van der Waals surface area contributed by atoms with Gasteiger partial charge < -0.3 is 15.2 Å². The molecule has 0 amide bonds. The lowest BCUT2D eigenvalue weighted by molar-refractivity contribution is 0.354. The molecule has 0 saturated heterocycles. The summed E-state index contributed by atoms with van der Waals surface area (Å²) in [6.07, 6.45) is 0. The zero-order valence-electron chi connectivity index (χ0n) is 10.9. The van der Waals surface area contributed by atoms with Crippen LogP contribution in [0.4, 0.5) is 0 Å². The summed E-state index contributed by atoms with van der Waals surface area (Å²) >= 11 is 3.45. The van der Waals surface area contributed by atoms with Crippen molar-refractivity contribution < 1.29 is 9.47 Å². The monoisotopic (exact) mass is 321 g/mol. The summed E-state index contributed by atoms with van der Waals surface area (Å²) < 4.78 is 11.5. The molecule has 2 aromatic rings. The van der Waals surface area contributed by atoms with Crippen molar-refractivity contribution in [1.29, 1.82) is 0 Å². The maximum Gasteiger partial charge on any atom is 0.161 e. The van der Waals surface area contributed by atoms with Crippen molar-refractivity contribution in [3.8, 4) is 11.5 Å². The topological polar surface area (TPSA) is 44.5 Å². The van der Waals surface area contributed by atoms with E-state index in [2.05, 4.69) is 15.9 Å². The summed E-state index contributed by atoms with van der Waals surface area (Å²) in [5.74, 6) is 1.39. The molecule has 19 heavy (non-hydrogen) atoms. The van der Waals surface area contributed by atoms with Gasteiger partial charge in [0.05, 0.1) is 20.3 Å². The maximum atomic E-state index is 6.28. The Morgan fingerprint density at radius 2 is 1.63 bits per heavy atom. The quantitative estimate of drug-likeness (QED) is 0.937. The number of hydrogen-bond acceptors (Lipinski definition) is 3. The van der Waals surface area contributed by atoms with Crippen LogP contribution in [-0.4, -0.2) is 14.2 Å². The molecular formula is C15H16BrNO2. The van der Waals surface area contributed by atoms with E-state index < -0.39 is 0 Å². The van der Waals surface area contributed by atoms with Gasteiger partial charge in [0.25, 0.3) is 0 Å². The van der Waals surface area contributed by atoms with Crippen LogP contribution in [-0.2, 0) is 0 Å². The normalized spacial score (nSPS) is 12.0. The lowest BCUT2D eigenvalue weighted by atomic mass is 9.99. The SMILES string of the molecule is COc1ccc(C(N)c2cccc(Br)c2)cc1OC. The highest BCUT2D eigenvalue weighted by atomic mass is 79.9. The fourth-order valence-corrected chi connectivity index (χ4v) is 2.36. The Kier molecular flexibility index (Phi) is 4.45. The van der Waals surface area contributed by atoms with Gasteiger partial charge in [0.15, 0.2) is 11.5 Å². The molecule has 0 aliphatic rings. The van der Waals surface area contributed by atoms with Crippen molar-refractivity contribution in [3.05, 3.63) is 58.1 Å². The average molecular weight is 322 g/mol. The van der Waals surface area contributed by atoms with Gasteiger partial charge in [0.2, 0.25) is 0 Å². The van der Waals surface area contributed by atoms with Crippen molar-refractivity contribution in [2.75, 3.05) is 14.2 Å². The highest BCUT2D eigenvalue weighted by molar-refractivity contribution is 9.10. The predicted octanol–water partition coefficient (Wildman–Crippen LogP) is 3.51. The van der Waals surface area contributed by atoms with Gasteiger partial charge in [0.1, 0.15) is 0 Å². The third kappa shape index (κ3) is 3.08. The number of rotatable bonds is 4. The van der Waals surface area contributed by atoms with Gasteiger partial charge >= 0.3 is 0 Å². The number of ether oxygens (including phenoxy) is 2. The number of hydrogen-bond donors (Lipinski definition) is 1. The van der Waals surface area contributed by atoms with Gasteiger partial charge in [-0.05, 0) is 35.4 Å². The van der Waals surface area contributed by atoms with E-state index in [1.165, 1.54) is 0 Å².